The lowest BCUT2D eigenvalue weighted by Crippen LogP contribution is -2.30. The average molecular weight is 395 g/mol. The fourth-order valence-corrected chi connectivity index (χ4v) is 2.86. The standard InChI is InChI=1S/C18H17ClF2N4O2/c1-10-16(18(26)23-6-5-22)25-8-11(19)7-15(17(25)24-10)27-9-12-13(20)3-2-4-14(12)21/h2-4,7-8H,5-6,9,22H2,1H3,(H,23,26). The van der Waals surface area contributed by atoms with Crippen molar-refractivity contribution in [1.82, 2.24) is 14.7 Å². The lowest BCUT2D eigenvalue weighted by atomic mass is 10.2. The van der Waals surface area contributed by atoms with Crippen LogP contribution in [0, 0.1) is 18.6 Å². The van der Waals surface area contributed by atoms with Crippen molar-refractivity contribution in [1.29, 1.82) is 0 Å². The third-order valence-corrected chi connectivity index (χ3v) is 4.11. The second-order valence-electron chi connectivity index (χ2n) is 5.80. The third-order valence-electron chi connectivity index (χ3n) is 3.91. The van der Waals surface area contributed by atoms with Crippen molar-refractivity contribution in [3.63, 3.8) is 0 Å². The molecule has 3 aromatic rings. The number of hydrogen-bond donors (Lipinski definition) is 2. The fourth-order valence-electron chi connectivity index (χ4n) is 2.67. The van der Waals surface area contributed by atoms with Crippen molar-refractivity contribution in [2.45, 2.75) is 13.5 Å². The summed E-state index contributed by atoms with van der Waals surface area (Å²) < 4.78 is 34.7. The molecule has 0 aliphatic heterocycles. The second-order valence-corrected chi connectivity index (χ2v) is 6.23. The minimum Gasteiger partial charge on any atom is -0.485 e. The number of aryl methyl sites for hydroxylation is 1. The van der Waals surface area contributed by atoms with Crippen LogP contribution in [0.3, 0.4) is 0 Å². The third kappa shape index (κ3) is 3.86. The molecule has 0 saturated carbocycles. The summed E-state index contributed by atoms with van der Waals surface area (Å²) in [5.74, 6) is -1.59. The van der Waals surface area contributed by atoms with Gasteiger partial charge in [-0.2, -0.15) is 0 Å². The van der Waals surface area contributed by atoms with Crippen LogP contribution < -0.4 is 15.8 Å². The predicted molar refractivity (Wildman–Crippen MR) is 97.0 cm³/mol. The number of fused-ring (bicyclic) bond motifs is 1. The maximum absolute atomic E-state index is 13.8. The maximum atomic E-state index is 13.8. The fraction of sp³-hybridized carbons (Fsp3) is 0.222. The van der Waals surface area contributed by atoms with E-state index in [4.69, 9.17) is 22.1 Å². The minimum absolute atomic E-state index is 0.200. The van der Waals surface area contributed by atoms with E-state index in [1.165, 1.54) is 22.7 Å². The summed E-state index contributed by atoms with van der Waals surface area (Å²) in [6.45, 7) is 1.92. The number of nitrogens with zero attached hydrogens (tertiary/aromatic N) is 2. The Labute approximate surface area is 158 Å². The smallest absolute Gasteiger partial charge is 0.270 e. The molecular weight excluding hydrogens is 378 g/mol. The van der Waals surface area contributed by atoms with Gasteiger partial charge in [0, 0.05) is 25.4 Å². The molecule has 0 unspecified atom stereocenters. The number of aromatic nitrogens is 2. The normalized spacial score (nSPS) is 11.0. The molecule has 0 bridgehead atoms. The van der Waals surface area contributed by atoms with Crippen molar-refractivity contribution in [3.8, 4) is 5.75 Å². The van der Waals surface area contributed by atoms with Gasteiger partial charge in [-0.25, -0.2) is 13.8 Å². The number of amides is 1. The van der Waals surface area contributed by atoms with E-state index in [0.717, 1.165) is 12.1 Å². The van der Waals surface area contributed by atoms with Gasteiger partial charge in [-0.1, -0.05) is 17.7 Å². The zero-order chi connectivity index (χ0) is 19.6. The van der Waals surface area contributed by atoms with Crippen LogP contribution >= 0.6 is 11.6 Å². The van der Waals surface area contributed by atoms with Crippen LogP contribution in [0.1, 0.15) is 21.7 Å². The van der Waals surface area contributed by atoms with Gasteiger partial charge in [0.1, 0.15) is 23.9 Å². The van der Waals surface area contributed by atoms with Crippen LogP contribution in [0.25, 0.3) is 5.65 Å². The van der Waals surface area contributed by atoms with Gasteiger partial charge < -0.3 is 15.8 Å². The number of pyridine rings is 1. The Kier molecular flexibility index (Phi) is 5.57. The molecule has 3 rings (SSSR count). The molecule has 0 fully saturated rings. The van der Waals surface area contributed by atoms with E-state index < -0.39 is 11.6 Å². The molecule has 9 heteroatoms. The van der Waals surface area contributed by atoms with Gasteiger partial charge in [-0.3, -0.25) is 9.20 Å². The van der Waals surface area contributed by atoms with Crippen LogP contribution in [-0.2, 0) is 6.61 Å². The summed E-state index contributed by atoms with van der Waals surface area (Å²) in [5.41, 5.74) is 6.24. The minimum atomic E-state index is -0.713. The molecule has 1 aromatic carbocycles. The molecule has 27 heavy (non-hydrogen) atoms. The summed E-state index contributed by atoms with van der Waals surface area (Å²) in [7, 11) is 0. The summed E-state index contributed by atoms with van der Waals surface area (Å²) >= 11 is 6.13. The Hall–Kier alpha value is -2.71. The van der Waals surface area contributed by atoms with Crippen LogP contribution in [0.2, 0.25) is 5.02 Å². The molecule has 142 valence electrons. The van der Waals surface area contributed by atoms with Gasteiger partial charge in [0.15, 0.2) is 11.4 Å². The quantitative estimate of drug-likeness (QED) is 0.673. The maximum Gasteiger partial charge on any atom is 0.270 e. The molecule has 1 amide bonds. The number of hydrogen-bond acceptors (Lipinski definition) is 4. The molecule has 0 radical (unpaired) electrons. The zero-order valence-electron chi connectivity index (χ0n) is 14.4. The van der Waals surface area contributed by atoms with Crippen molar-refractivity contribution in [2.24, 2.45) is 5.73 Å². The Morgan fingerprint density at radius 1 is 1.37 bits per heavy atom. The highest BCUT2D eigenvalue weighted by atomic mass is 35.5. The average Bonchev–Trinajstić information content (AvgIpc) is 2.95. The second kappa shape index (κ2) is 7.89. The summed E-state index contributed by atoms with van der Waals surface area (Å²) in [6, 6.07) is 5.05. The summed E-state index contributed by atoms with van der Waals surface area (Å²) in [4.78, 5) is 16.7. The topological polar surface area (TPSA) is 81.7 Å². The first-order valence-corrected chi connectivity index (χ1v) is 8.52. The number of carbonyl (C=O) groups is 1. The van der Waals surface area contributed by atoms with E-state index >= 15 is 0 Å². The van der Waals surface area contributed by atoms with Crippen LogP contribution in [-0.4, -0.2) is 28.4 Å². The van der Waals surface area contributed by atoms with E-state index in [2.05, 4.69) is 10.3 Å². The monoisotopic (exact) mass is 394 g/mol. The highest BCUT2D eigenvalue weighted by molar-refractivity contribution is 6.30. The Bertz CT molecular complexity index is 986. The van der Waals surface area contributed by atoms with Crippen LogP contribution in [0.4, 0.5) is 8.78 Å². The number of carbonyl (C=O) groups excluding carboxylic acids is 1. The highest BCUT2D eigenvalue weighted by Crippen LogP contribution is 2.28. The largest absolute Gasteiger partial charge is 0.485 e. The number of halogens is 3. The number of nitrogens with one attached hydrogen (secondary N) is 1. The molecule has 0 aliphatic carbocycles. The molecule has 6 nitrogen and oxygen atoms in total. The zero-order valence-corrected chi connectivity index (χ0v) is 15.2. The predicted octanol–water partition coefficient (Wildman–Crippen LogP) is 2.84. The first kappa shape index (κ1) is 19.1. The lowest BCUT2D eigenvalue weighted by molar-refractivity contribution is 0.0948. The number of nitrogens with two attached hydrogens (primary N) is 1. The SMILES string of the molecule is Cc1nc2c(OCc3c(F)cccc3F)cc(Cl)cn2c1C(=O)NCCN. The van der Waals surface area contributed by atoms with Gasteiger partial charge >= 0.3 is 0 Å². The number of rotatable bonds is 6. The molecule has 0 spiro atoms. The van der Waals surface area contributed by atoms with E-state index in [-0.39, 0.29) is 34.5 Å². The Morgan fingerprint density at radius 3 is 2.74 bits per heavy atom. The number of imidazole rings is 1. The van der Waals surface area contributed by atoms with Crippen molar-refractivity contribution >= 4 is 23.2 Å². The van der Waals surface area contributed by atoms with Gasteiger partial charge in [0.05, 0.1) is 16.3 Å². The van der Waals surface area contributed by atoms with Crippen LogP contribution in [0.15, 0.2) is 30.5 Å². The Balaban J connectivity index is 1.98. The number of ether oxygens (including phenoxy) is 1. The summed E-state index contributed by atoms with van der Waals surface area (Å²) in [6.07, 6.45) is 1.52. The van der Waals surface area contributed by atoms with E-state index in [1.807, 2.05) is 0 Å². The molecule has 2 aromatic heterocycles. The van der Waals surface area contributed by atoms with Gasteiger partial charge in [-0.15, -0.1) is 0 Å². The lowest BCUT2D eigenvalue weighted by Gasteiger charge is -2.10. The first-order chi connectivity index (χ1) is 12.9. The van der Waals surface area contributed by atoms with Crippen LogP contribution in [0.5, 0.6) is 5.75 Å². The van der Waals surface area contributed by atoms with E-state index in [9.17, 15) is 13.6 Å². The Morgan fingerprint density at radius 2 is 2.07 bits per heavy atom. The molecule has 0 aliphatic rings. The summed E-state index contributed by atoms with van der Waals surface area (Å²) in [5, 5.41) is 2.95. The number of benzene rings is 1. The van der Waals surface area contributed by atoms with E-state index in [0.29, 0.717) is 24.4 Å². The molecule has 3 N–H and O–H groups in total. The van der Waals surface area contributed by atoms with E-state index in [1.54, 1.807) is 6.92 Å². The van der Waals surface area contributed by atoms with Gasteiger partial charge in [0.2, 0.25) is 0 Å². The molecule has 2 heterocycles. The first-order valence-electron chi connectivity index (χ1n) is 8.14. The highest BCUT2D eigenvalue weighted by Gasteiger charge is 2.20. The molecular formula is C18H17ClF2N4O2. The van der Waals surface area contributed by atoms with Crippen molar-refractivity contribution in [3.05, 3.63) is 64.1 Å². The van der Waals surface area contributed by atoms with Gasteiger partial charge in [-0.05, 0) is 19.1 Å². The van der Waals surface area contributed by atoms with Gasteiger partial charge in [0.25, 0.3) is 5.91 Å². The molecule has 0 saturated heterocycles. The molecule has 0 atom stereocenters. The van der Waals surface area contributed by atoms with Crippen molar-refractivity contribution < 1.29 is 18.3 Å². The van der Waals surface area contributed by atoms with Crippen molar-refractivity contribution in [2.75, 3.05) is 13.1 Å².